The summed E-state index contributed by atoms with van der Waals surface area (Å²) in [6.45, 7) is 5.94. The SMILES string of the molecule is CCN(CC)c1ccc(NC(=O)Nc2ccc(-c3ccnc4[nH]nc(C(F)(F)F)c34)cc2)cc1. The summed E-state index contributed by atoms with van der Waals surface area (Å²) >= 11 is 0. The molecule has 0 saturated carbocycles. The van der Waals surface area contributed by atoms with E-state index in [1.807, 2.05) is 24.3 Å². The highest BCUT2D eigenvalue weighted by molar-refractivity contribution is 6.00. The van der Waals surface area contributed by atoms with Crippen molar-refractivity contribution in [2.24, 2.45) is 0 Å². The molecule has 0 spiro atoms. The zero-order valence-corrected chi connectivity index (χ0v) is 18.6. The Bertz CT molecular complexity index is 1280. The molecule has 0 saturated heterocycles. The van der Waals surface area contributed by atoms with Gasteiger partial charge in [0.1, 0.15) is 0 Å². The maximum Gasteiger partial charge on any atom is 0.435 e. The second-order valence-corrected chi connectivity index (χ2v) is 7.53. The molecule has 176 valence electrons. The maximum absolute atomic E-state index is 13.4. The van der Waals surface area contributed by atoms with Crippen molar-refractivity contribution < 1.29 is 18.0 Å². The third kappa shape index (κ3) is 4.80. The molecule has 4 rings (SSSR count). The Balaban J connectivity index is 1.48. The predicted octanol–water partition coefficient (Wildman–Crippen LogP) is 6.13. The van der Waals surface area contributed by atoms with Gasteiger partial charge < -0.3 is 15.5 Å². The second kappa shape index (κ2) is 9.42. The zero-order valence-electron chi connectivity index (χ0n) is 18.6. The van der Waals surface area contributed by atoms with Gasteiger partial charge in [-0.25, -0.2) is 9.78 Å². The fraction of sp³-hybridized carbons (Fsp3) is 0.208. The Morgan fingerprint density at radius 3 is 2.09 bits per heavy atom. The number of hydrogen-bond donors (Lipinski definition) is 3. The number of halogens is 3. The monoisotopic (exact) mass is 468 g/mol. The molecule has 4 aromatic rings. The summed E-state index contributed by atoms with van der Waals surface area (Å²) in [7, 11) is 0. The van der Waals surface area contributed by atoms with Crippen molar-refractivity contribution in [2.75, 3.05) is 28.6 Å². The van der Waals surface area contributed by atoms with Gasteiger partial charge in [0.15, 0.2) is 11.3 Å². The van der Waals surface area contributed by atoms with E-state index < -0.39 is 17.9 Å². The lowest BCUT2D eigenvalue weighted by Gasteiger charge is -2.21. The third-order valence-corrected chi connectivity index (χ3v) is 5.44. The highest BCUT2D eigenvalue weighted by Crippen LogP contribution is 2.37. The van der Waals surface area contributed by atoms with E-state index in [0.29, 0.717) is 22.5 Å². The lowest BCUT2D eigenvalue weighted by Crippen LogP contribution is -2.22. The fourth-order valence-corrected chi connectivity index (χ4v) is 3.77. The number of benzene rings is 2. The Morgan fingerprint density at radius 2 is 1.53 bits per heavy atom. The summed E-state index contributed by atoms with van der Waals surface area (Å²) in [5, 5.41) is 11.1. The summed E-state index contributed by atoms with van der Waals surface area (Å²) in [6.07, 6.45) is -3.19. The molecule has 34 heavy (non-hydrogen) atoms. The van der Waals surface area contributed by atoms with Crippen molar-refractivity contribution in [1.82, 2.24) is 15.2 Å². The minimum Gasteiger partial charge on any atom is -0.372 e. The highest BCUT2D eigenvalue weighted by Gasteiger charge is 2.37. The van der Waals surface area contributed by atoms with Crippen LogP contribution in [0.25, 0.3) is 22.2 Å². The van der Waals surface area contributed by atoms with Crippen LogP contribution in [0, 0.1) is 0 Å². The third-order valence-electron chi connectivity index (χ3n) is 5.44. The number of urea groups is 1. The summed E-state index contributed by atoms with van der Waals surface area (Å²) in [4.78, 5) is 18.5. The van der Waals surface area contributed by atoms with Crippen LogP contribution in [0.4, 0.5) is 35.0 Å². The van der Waals surface area contributed by atoms with Crippen molar-refractivity contribution in [3.05, 3.63) is 66.5 Å². The molecular weight excluding hydrogens is 445 g/mol. The second-order valence-electron chi connectivity index (χ2n) is 7.53. The lowest BCUT2D eigenvalue weighted by molar-refractivity contribution is -0.139. The number of hydrogen-bond acceptors (Lipinski definition) is 4. The van der Waals surface area contributed by atoms with Gasteiger partial charge >= 0.3 is 12.2 Å². The van der Waals surface area contributed by atoms with Crippen LogP contribution in [0.5, 0.6) is 0 Å². The van der Waals surface area contributed by atoms with Crippen LogP contribution in [-0.2, 0) is 6.18 Å². The topological polar surface area (TPSA) is 85.9 Å². The fourth-order valence-electron chi connectivity index (χ4n) is 3.77. The van der Waals surface area contributed by atoms with E-state index in [-0.39, 0.29) is 11.0 Å². The van der Waals surface area contributed by atoms with E-state index in [1.165, 1.54) is 12.3 Å². The van der Waals surface area contributed by atoms with Gasteiger partial charge in [-0.15, -0.1) is 0 Å². The van der Waals surface area contributed by atoms with Crippen LogP contribution in [0.1, 0.15) is 19.5 Å². The van der Waals surface area contributed by atoms with E-state index in [9.17, 15) is 18.0 Å². The Hall–Kier alpha value is -4.08. The molecule has 0 aliphatic carbocycles. The smallest absolute Gasteiger partial charge is 0.372 e. The normalized spacial score (nSPS) is 11.4. The van der Waals surface area contributed by atoms with Gasteiger partial charge in [-0.05, 0) is 67.4 Å². The number of anilines is 3. The van der Waals surface area contributed by atoms with Crippen LogP contribution in [0.15, 0.2) is 60.8 Å². The summed E-state index contributed by atoms with van der Waals surface area (Å²) in [5.41, 5.74) is 2.13. The Kier molecular flexibility index (Phi) is 6.40. The molecule has 2 heterocycles. The van der Waals surface area contributed by atoms with E-state index >= 15 is 0 Å². The van der Waals surface area contributed by atoms with Crippen molar-refractivity contribution in [1.29, 1.82) is 0 Å². The number of nitrogens with zero attached hydrogens (tertiary/aromatic N) is 3. The minimum absolute atomic E-state index is 0.0541. The number of carbonyl (C=O) groups excluding carboxylic acids is 1. The standard InChI is InChI=1S/C24H23F3N6O/c1-3-33(4-2)18-11-9-17(10-12-18)30-23(34)29-16-7-5-15(6-8-16)19-13-14-28-22-20(19)21(31-32-22)24(25,26)27/h5-14H,3-4H2,1-2H3,(H,28,31,32)(H2,29,30,34). The average molecular weight is 468 g/mol. The van der Waals surface area contributed by atoms with E-state index in [1.54, 1.807) is 24.3 Å². The molecule has 0 unspecified atom stereocenters. The van der Waals surface area contributed by atoms with Crippen LogP contribution < -0.4 is 15.5 Å². The molecule has 0 atom stereocenters. The number of amides is 2. The highest BCUT2D eigenvalue weighted by atomic mass is 19.4. The molecular formula is C24H23F3N6O. The summed E-state index contributed by atoms with van der Waals surface area (Å²) in [5.74, 6) is 0. The van der Waals surface area contributed by atoms with Gasteiger partial charge in [0.25, 0.3) is 0 Å². The first-order valence-corrected chi connectivity index (χ1v) is 10.7. The zero-order chi connectivity index (χ0) is 24.3. The Morgan fingerprint density at radius 1 is 0.941 bits per heavy atom. The number of nitrogens with one attached hydrogen (secondary N) is 3. The number of aromatic amines is 1. The first-order chi connectivity index (χ1) is 16.3. The summed E-state index contributed by atoms with van der Waals surface area (Å²) in [6, 6.07) is 15.1. The Labute approximate surface area is 194 Å². The van der Waals surface area contributed by atoms with Gasteiger partial charge in [-0.2, -0.15) is 18.3 Å². The first kappa shape index (κ1) is 23.1. The van der Waals surface area contributed by atoms with Crippen molar-refractivity contribution in [3.63, 3.8) is 0 Å². The van der Waals surface area contributed by atoms with Crippen molar-refractivity contribution in [3.8, 4) is 11.1 Å². The molecule has 2 aromatic heterocycles. The lowest BCUT2D eigenvalue weighted by atomic mass is 10.0. The van der Waals surface area contributed by atoms with Crippen LogP contribution >= 0.6 is 0 Å². The number of rotatable bonds is 6. The van der Waals surface area contributed by atoms with Crippen LogP contribution in [0.3, 0.4) is 0 Å². The molecule has 2 aromatic carbocycles. The van der Waals surface area contributed by atoms with E-state index in [2.05, 4.69) is 44.6 Å². The maximum atomic E-state index is 13.4. The molecule has 0 aliphatic heterocycles. The molecule has 0 fully saturated rings. The van der Waals surface area contributed by atoms with E-state index in [0.717, 1.165) is 18.8 Å². The molecule has 10 heteroatoms. The minimum atomic E-state index is -4.61. The molecule has 0 radical (unpaired) electrons. The number of fused-ring (bicyclic) bond motifs is 1. The molecule has 0 aliphatic rings. The van der Waals surface area contributed by atoms with Crippen molar-refractivity contribution in [2.45, 2.75) is 20.0 Å². The largest absolute Gasteiger partial charge is 0.435 e. The number of aromatic nitrogens is 3. The average Bonchev–Trinajstić information content (AvgIpc) is 3.27. The number of carbonyl (C=O) groups is 1. The predicted molar refractivity (Wildman–Crippen MR) is 127 cm³/mol. The number of H-pyrrole nitrogens is 1. The molecule has 0 bridgehead atoms. The quantitative estimate of drug-likeness (QED) is 0.318. The van der Waals surface area contributed by atoms with Gasteiger partial charge in [-0.3, -0.25) is 5.10 Å². The van der Waals surface area contributed by atoms with Crippen molar-refractivity contribution >= 4 is 34.1 Å². The van der Waals surface area contributed by atoms with E-state index in [4.69, 9.17) is 0 Å². The first-order valence-electron chi connectivity index (χ1n) is 10.7. The van der Waals surface area contributed by atoms with Gasteiger partial charge in [0, 0.05) is 36.3 Å². The van der Waals surface area contributed by atoms with Crippen LogP contribution in [0.2, 0.25) is 0 Å². The number of pyridine rings is 1. The summed E-state index contributed by atoms with van der Waals surface area (Å²) < 4.78 is 40.1. The molecule has 7 nitrogen and oxygen atoms in total. The van der Waals surface area contributed by atoms with Gasteiger partial charge in [0.2, 0.25) is 0 Å². The van der Waals surface area contributed by atoms with Gasteiger partial charge in [0.05, 0.1) is 5.39 Å². The van der Waals surface area contributed by atoms with Gasteiger partial charge in [-0.1, -0.05) is 12.1 Å². The molecule has 2 amide bonds. The molecule has 3 N–H and O–H groups in total. The number of alkyl halides is 3. The van der Waals surface area contributed by atoms with Crippen LogP contribution in [-0.4, -0.2) is 34.3 Å².